The van der Waals surface area contributed by atoms with Crippen molar-refractivity contribution in [1.82, 2.24) is 5.32 Å². The van der Waals surface area contributed by atoms with E-state index in [9.17, 15) is 18.5 Å². The number of amides is 1. The average molecular weight is 474 g/mol. The molecular weight excluding hydrogens is 446 g/mol. The van der Waals surface area contributed by atoms with Crippen LogP contribution in [-0.2, 0) is 22.8 Å². The highest BCUT2D eigenvalue weighted by atomic mass is 32.2. The van der Waals surface area contributed by atoms with E-state index in [0.717, 1.165) is 25.2 Å². The second-order valence-corrected chi connectivity index (χ2v) is 10.6. The normalized spacial score (nSPS) is 14.1. The topological polar surface area (TPSA) is 90.3 Å². The third kappa shape index (κ3) is 5.13. The Morgan fingerprint density at radius 3 is 2.35 bits per heavy atom. The van der Waals surface area contributed by atoms with Crippen molar-refractivity contribution in [3.05, 3.63) is 95.1 Å². The summed E-state index contributed by atoms with van der Waals surface area (Å²) in [6, 6.07) is 23.9. The first-order valence-electron chi connectivity index (χ1n) is 11.3. The van der Waals surface area contributed by atoms with Gasteiger partial charge in [-0.05, 0) is 59.5 Å². The van der Waals surface area contributed by atoms with Crippen LogP contribution >= 0.6 is 0 Å². The number of hydrogen-bond donors (Lipinski definition) is 1. The van der Waals surface area contributed by atoms with Crippen molar-refractivity contribution in [1.29, 1.82) is 5.26 Å². The smallest absolute Gasteiger partial charge is 0.251 e. The number of benzene rings is 3. The van der Waals surface area contributed by atoms with Gasteiger partial charge in [-0.3, -0.25) is 4.79 Å². The molecule has 1 atom stereocenters. The SMILES string of the molecule is CCS(=O)(=O)c1ccc([C@H](CC#N)NC(=O)c2ccc(N3CCc4ccccc4C3)cc2)cc1. The van der Waals surface area contributed by atoms with Crippen LogP contribution in [0.15, 0.2) is 77.7 Å². The van der Waals surface area contributed by atoms with E-state index in [0.29, 0.717) is 11.1 Å². The Bertz CT molecular complexity index is 1310. The van der Waals surface area contributed by atoms with Crippen molar-refractivity contribution in [2.45, 2.75) is 37.2 Å². The largest absolute Gasteiger partial charge is 0.367 e. The zero-order valence-electron chi connectivity index (χ0n) is 19.1. The summed E-state index contributed by atoms with van der Waals surface area (Å²) in [5.74, 6) is -0.258. The molecule has 1 N–H and O–H groups in total. The van der Waals surface area contributed by atoms with Crippen LogP contribution in [0.2, 0.25) is 0 Å². The van der Waals surface area contributed by atoms with Gasteiger partial charge in [0.25, 0.3) is 5.91 Å². The highest BCUT2D eigenvalue weighted by Crippen LogP contribution is 2.25. The van der Waals surface area contributed by atoms with Crippen molar-refractivity contribution in [3.8, 4) is 6.07 Å². The van der Waals surface area contributed by atoms with E-state index in [2.05, 4.69) is 40.6 Å². The lowest BCUT2D eigenvalue weighted by Gasteiger charge is -2.30. The van der Waals surface area contributed by atoms with Gasteiger partial charge < -0.3 is 10.2 Å². The molecule has 0 bridgehead atoms. The molecule has 1 heterocycles. The number of anilines is 1. The maximum absolute atomic E-state index is 12.9. The van der Waals surface area contributed by atoms with Gasteiger partial charge in [-0.1, -0.05) is 43.3 Å². The van der Waals surface area contributed by atoms with Crippen molar-refractivity contribution in [2.24, 2.45) is 0 Å². The fourth-order valence-corrected chi connectivity index (χ4v) is 5.08. The summed E-state index contributed by atoms with van der Waals surface area (Å²) >= 11 is 0. The molecular formula is C27H27N3O3S. The Labute approximate surface area is 200 Å². The molecule has 0 spiro atoms. The predicted octanol–water partition coefficient (Wildman–Crippen LogP) is 4.43. The summed E-state index contributed by atoms with van der Waals surface area (Å²) in [6.45, 7) is 3.36. The monoisotopic (exact) mass is 473 g/mol. The van der Waals surface area contributed by atoms with E-state index >= 15 is 0 Å². The molecule has 7 heteroatoms. The van der Waals surface area contributed by atoms with Gasteiger partial charge >= 0.3 is 0 Å². The number of nitriles is 1. The third-order valence-electron chi connectivity index (χ3n) is 6.25. The minimum Gasteiger partial charge on any atom is -0.367 e. The summed E-state index contributed by atoms with van der Waals surface area (Å²) in [5, 5.41) is 12.2. The summed E-state index contributed by atoms with van der Waals surface area (Å²) in [5.41, 5.74) is 4.97. The van der Waals surface area contributed by atoms with Crippen molar-refractivity contribution in [2.75, 3.05) is 17.2 Å². The number of carbonyl (C=O) groups excluding carboxylic acids is 1. The first-order valence-corrected chi connectivity index (χ1v) is 13.0. The van der Waals surface area contributed by atoms with Gasteiger partial charge in [-0.2, -0.15) is 5.26 Å². The summed E-state index contributed by atoms with van der Waals surface area (Å²) in [6.07, 6.45) is 1.07. The molecule has 34 heavy (non-hydrogen) atoms. The zero-order valence-corrected chi connectivity index (χ0v) is 19.9. The highest BCUT2D eigenvalue weighted by molar-refractivity contribution is 7.91. The lowest BCUT2D eigenvalue weighted by atomic mass is 9.99. The maximum atomic E-state index is 12.9. The van der Waals surface area contributed by atoms with E-state index < -0.39 is 15.9 Å². The van der Waals surface area contributed by atoms with Crippen LogP contribution in [0.5, 0.6) is 0 Å². The Kier molecular flexibility index (Phi) is 6.99. The minimum absolute atomic E-state index is 0.0185. The van der Waals surface area contributed by atoms with Crippen LogP contribution in [-0.4, -0.2) is 26.6 Å². The molecule has 6 nitrogen and oxygen atoms in total. The standard InChI is InChI=1S/C27H27N3O3S/c1-2-34(32,33)25-13-9-21(10-14-25)26(15-17-28)29-27(31)22-7-11-24(12-8-22)30-18-16-20-5-3-4-6-23(20)19-30/h3-14,26H,2,15-16,18-19H2,1H3,(H,29,31)/t26-/m0/s1. The molecule has 0 aromatic heterocycles. The quantitative estimate of drug-likeness (QED) is 0.548. The van der Waals surface area contributed by atoms with E-state index in [4.69, 9.17) is 0 Å². The van der Waals surface area contributed by atoms with E-state index in [1.807, 2.05) is 12.1 Å². The van der Waals surface area contributed by atoms with Crippen LogP contribution in [0.4, 0.5) is 5.69 Å². The van der Waals surface area contributed by atoms with Gasteiger partial charge in [0, 0.05) is 24.3 Å². The second kappa shape index (κ2) is 10.1. The van der Waals surface area contributed by atoms with Gasteiger partial charge in [0.1, 0.15) is 0 Å². The molecule has 0 aliphatic carbocycles. The summed E-state index contributed by atoms with van der Waals surface area (Å²) in [7, 11) is -3.31. The molecule has 0 saturated carbocycles. The molecule has 174 valence electrons. The van der Waals surface area contributed by atoms with E-state index in [-0.39, 0.29) is 23.0 Å². The number of sulfone groups is 1. The number of carbonyl (C=O) groups is 1. The number of nitrogens with one attached hydrogen (secondary N) is 1. The van der Waals surface area contributed by atoms with Crippen molar-refractivity contribution >= 4 is 21.4 Å². The predicted molar refractivity (Wildman–Crippen MR) is 132 cm³/mol. The fourth-order valence-electron chi connectivity index (χ4n) is 4.20. The van der Waals surface area contributed by atoms with Gasteiger partial charge in [-0.25, -0.2) is 8.42 Å². The van der Waals surface area contributed by atoms with Crippen LogP contribution in [0, 0.1) is 11.3 Å². The van der Waals surface area contributed by atoms with Crippen LogP contribution in [0.25, 0.3) is 0 Å². The van der Waals surface area contributed by atoms with Crippen molar-refractivity contribution < 1.29 is 13.2 Å². The maximum Gasteiger partial charge on any atom is 0.251 e. The highest BCUT2D eigenvalue weighted by Gasteiger charge is 2.19. The molecule has 3 aromatic rings. The number of fused-ring (bicyclic) bond motifs is 1. The molecule has 3 aromatic carbocycles. The number of nitrogens with zero attached hydrogens (tertiary/aromatic N) is 2. The molecule has 0 unspecified atom stereocenters. The summed E-state index contributed by atoms with van der Waals surface area (Å²) < 4.78 is 24.1. The molecule has 0 fully saturated rings. The molecule has 1 amide bonds. The van der Waals surface area contributed by atoms with Crippen molar-refractivity contribution in [3.63, 3.8) is 0 Å². The Morgan fingerprint density at radius 2 is 1.71 bits per heavy atom. The molecule has 1 aliphatic heterocycles. The third-order valence-corrected chi connectivity index (χ3v) is 8.00. The first-order chi connectivity index (χ1) is 16.4. The number of rotatable bonds is 7. The van der Waals surface area contributed by atoms with Crippen LogP contribution in [0.1, 0.15) is 46.4 Å². The first kappa shape index (κ1) is 23.5. The number of hydrogen-bond acceptors (Lipinski definition) is 5. The molecule has 0 radical (unpaired) electrons. The van der Waals surface area contributed by atoms with E-state index in [1.165, 1.54) is 23.3 Å². The van der Waals surface area contributed by atoms with Gasteiger partial charge in [0.05, 0.1) is 29.2 Å². The van der Waals surface area contributed by atoms with E-state index in [1.54, 1.807) is 31.2 Å². The molecule has 1 aliphatic rings. The Balaban J connectivity index is 1.45. The molecule has 4 rings (SSSR count). The van der Waals surface area contributed by atoms with Gasteiger partial charge in [0.15, 0.2) is 9.84 Å². The molecule has 0 saturated heterocycles. The lowest BCUT2D eigenvalue weighted by molar-refractivity contribution is 0.0937. The van der Waals surface area contributed by atoms with Gasteiger partial charge in [-0.15, -0.1) is 0 Å². The van der Waals surface area contributed by atoms with Crippen LogP contribution in [0.3, 0.4) is 0 Å². The fraction of sp³-hybridized carbons (Fsp3) is 0.259. The van der Waals surface area contributed by atoms with Crippen LogP contribution < -0.4 is 10.2 Å². The van der Waals surface area contributed by atoms with Gasteiger partial charge in [0.2, 0.25) is 0 Å². The Hall–Kier alpha value is -3.63. The minimum atomic E-state index is -3.31. The lowest BCUT2D eigenvalue weighted by Crippen LogP contribution is -2.30. The zero-order chi connectivity index (χ0) is 24.1. The summed E-state index contributed by atoms with van der Waals surface area (Å²) in [4.78, 5) is 15.4. The second-order valence-electron chi connectivity index (χ2n) is 8.35. The average Bonchev–Trinajstić information content (AvgIpc) is 2.88. The Morgan fingerprint density at radius 1 is 1.03 bits per heavy atom.